The predicted octanol–water partition coefficient (Wildman–Crippen LogP) is 2.71. The van der Waals surface area contributed by atoms with Crippen molar-refractivity contribution in [3.8, 4) is 0 Å². The van der Waals surface area contributed by atoms with Crippen molar-refractivity contribution >= 4 is 6.29 Å². The van der Waals surface area contributed by atoms with Gasteiger partial charge in [0, 0.05) is 5.57 Å². The van der Waals surface area contributed by atoms with Gasteiger partial charge in [0.1, 0.15) is 6.29 Å². The molecule has 10 aliphatic rings. The normalized spacial score (nSPS) is 107. The Kier molecular flexibility index (Phi) is 0.245. The molecule has 10 heterocycles. The van der Waals surface area contributed by atoms with Gasteiger partial charge in [0.25, 0.3) is 0 Å². The molecule has 3 nitrogen and oxygen atoms in total. The van der Waals surface area contributed by atoms with Crippen LogP contribution < -0.4 is 11.5 Å². The van der Waals surface area contributed by atoms with E-state index in [9.17, 15) is 4.79 Å². The fourth-order valence-electron chi connectivity index (χ4n) is 15.9. The van der Waals surface area contributed by atoms with E-state index in [0.29, 0.717) is 11.9 Å². The molecule has 0 radical (unpaired) electrons. The van der Waals surface area contributed by atoms with Crippen molar-refractivity contribution in [2.75, 3.05) is 0 Å². The zero-order chi connectivity index (χ0) is 12.0. The number of fused-ring (bicyclic) bond motifs is 10. The average molecular weight is 286 g/mol. The van der Waals surface area contributed by atoms with Crippen LogP contribution in [0.15, 0.2) is 11.4 Å². The van der Waals surface area contributed by atoms with Crippen LogP contribution in [-0.2, 0) is 11.3 Å². The van der Waals surface area contributed by atoms with Gasteiger partial charge >= 0.3 is 54.7 Å². The second-order valence-electron chi connectivity index (χ2n) is 10.8. The predicted molar refractivity (Wildman–Crippen MR) is 64.6 cm³/mol. The van der Waals surface area contributed by atoms with E-state index in [-0.39, 0.29) is 5.82 Å². The van der Waals surface area contributed by atoms with Gasteiger partial charge in [0.15, 0.2) is 0 Å². The maximum absolute atomic E-state index is 9.73. The number of allylic oxidation sites excluding steroid dienone is 1. The van der Waals surface area contributed by atoms with Crippen LogP contribution in [0.25, 0.3) is 0 Å². The van der Waals surface area contributed by atoms with Crippen molar-refractivity contribution in [2.24, 2.45) is 11.5 Å². The van der Waals surface area contributed by atoms with Crippen molar-refractivity contribution in [1.82, 2.24) is 0 Å². The molecule has 0 atom stereocenters. The minimum absolute atomic E-state index is 0.0926. The van der Waals surface area contributed by atoms with Gasteiger partial charge in [0.05, 0.1) is 5.82 Å². The fourth-order valence-corrected chi connectivity index (χ4v) is 88.1. The van der Waals surface area contributed by atoms with Crippen LogP contribution in [0.4, 0.5) is 0 Å². The third-order valence-corrected chi connectivity index (χ3v) is 57.1. The van der Waals surface area contributed by atoms with E-state index in [1.807, 2.05) is 0 Å². The molecule has 4 heteroatoms. The van der Waals surface area contributed by atoms with E-state index >= 15 is 0 Å². The molecule has 1 spiro atoms. The summed E-state index contributed by atoms with van der Waals surface area (Å²) in [6.07, 6.45) is 0.620. The summed E-state index contributed by atoms with van der Waals surface area (Å²) < 4.78 is 0. The number of aldehydes is 1. The summed E-state index contributed by atoms with van der Waals surface area (Å²) in [5.74, 6) is 0.0926. The zero-order valence-electron chi connectivity index (χ0n) is 10.3. The Morgan fingerprint density at radius 1 is 0.833 bits per heavy atom. The molecule has 0 aromatic carbocycles. The Morgan fingerprint density at radius 3 is 1.11 bits per heavy atom. The average Bonchev–Trinajstić information content (AvgIpc) is 3.30. The van der Waals surface area contributed by atoms with Crippen LogP contribution in [0.5, 0.6) is 0 Å². The molecule has 0 aromatic heterocycles. The van der Waals surface area contributed by atoms with E-state index < -0.39 is 6.51 Å². The Bertz CT molecular complexity index is 792. The molecule has 0 aromatic rings. The number of carbonyl (C=O) groups excluding carboxylic acids is 1. The number of nitrogens with two attached hydrogens (primary N) is 2. The van der Waals surface area contributed by atoms with Crippen LogP contribution in [0.2, 0.25) is 48.2 Å². The maximum atomic E-state index is 9.73. The van der Waals surface area contributed by atoms with Gasteiger partial charge < -0.3 is 11.5 Å². The molecule has 0 amide bonds. The molecule has 10 saturated heterocycles. The topological polar surface area (TPSA) is 69.1 Å². The summed E-state index contributed by atoms with van der Waals surface area (Å²) in [6, 6.07) is 0. The van der Waals surface area contributed by atoms with Crippen LogP contribution in [0, 0.1) is 0 Å². The molecule has 10 rings (SSSR count). The van der Waals surface area contributed by atoms with Crippen LogP contribution in [-0.4, -0.2) is 6.29 Å². The van der Waals surface area contributed by atoms with Gasteiger partial charge in [-0.1, -0.05) is 0 Å². The van der Waals surface area contributed by atoms with Crippen molar-refractivity contribution < 1.29 is 11.3 Å². The Labute approximate surface area is 95.6 Å². The third kappa shape index (κ3) is 0.0776. The van der Waals surface area contributed by atoms with E-state index in [2.05, 4.69) is 0 Å². The molecule has 0 bridgehead atoms. The Balaban J connectivity index is 0.0000000885. The van der Waals surface area contributed by atoms with Gasteiger partial charge in [-0.25, -0.2) is 0 Å². The third-order valence-electron chi connectivity index (χ3n) is 15.2. The first kappa shape index (κ1) is 7.35. The van der Waals surface area contributed by atoms with E-state index in [1.54, 1.807) is 55.1 Å². The standard InChI is InChI=1S/2C5H5.C4H8N2O.Fe/c2*1-2-4-5-3-1;1-3(2-7)4(5)6;/h2*1-5H;2H,5-6H2,1H3;. The van der Waals surface area contributed by atoms with Gasteiger partial charge in [-0.3, -0.25) is 4.79 Å². The number of rotatable bonds is 1. The quantitative estimate of drug-likeness (QED) is 0.442. The van der Waals surface area contributed by atoms with Gasteiger partial charge in [-0.2, -0.15) is 0 Å². The molecule has 0 saturated carbocycles. The van der Waals surface area contributed by atoms with E-state index in [4.69, 9.17) is 11.5 Å². The summed E-state index contributed by atoms with van der Waals surface area (Å²) in [6.45, 7) is -0.725. The summed E-state index contributed by atoms with van der Waals surface area (Å²) in [5, 5.41) is 0. The fraction of sp³-hybridized carbons (Fsp3) is 0.786. The molecular weight excluding hydrogens is 268 g/mol. The summed E-state index contributed by atoms with van der Waals surface area (Å²) in [4.78, 5) is 25.6. The number of hydrogen-bond acceptors (Lipinski definition) is 3. The minimum atomic E-state index is -2.28. The van der Waals surface area contributed by atoms with Gasteiger partial charge in [-0.15, -0.1) is 0 Å². The molecule has 0 aliphatic carbocycles. The van der Waals surface area contributed by atoms with Crippen molar-refractivity contribution in [1.29, 1.82) is 0 Å². The van der Waals surface area contributed by atoms with Crippen molar-refractivity contribution in [3.05, 3.63) is 11.4 Å². The zero-order valence-corrected chi connectivity index (χ0v) is 11.4. The molecule has 10 fully saturated rings. The van der Waals surface area contributed by atoms with Gasteiger partial charge in [0.2, 0.25) is 0 Å². The van der Waals surface area contributed by atoms with E-state index in [1.165, 1.54) is 0 Å². The summed E-state index contributed by atoms with van der Waals surface area (Å²) in [5.41, 5.74) is 10.3. The molecule has 98 valence electrons. The first-order valence-electron chi connectivity index (χ1n) is 7.23. The number of carbonyl (C=O) groups is 1. The van der Waals surface area contributed by atoms with Crippen LogP contribution in [0.3, 0.4) is 0 Å². The second-order valence-corrected chi connectivity index (χ2v) is 34.8. The summed E-state index contributed by atoms with van der Waals surface area (Å²) in [7, 11) is 0. The number of hydrogen-bond donors (Lipinski definition) is 2. The van der Waals surface area contributed by atoms with Crippen LogP contribution >= 0.6 is 0 Å². The second kappa shape index (κ2) is 0.600. The molecule has 4 N–H and O–H groups in total. The first-order valence-corrected chi connectivity index (χ1v) is 13.6. The van der Waals surface area contributed by atoms with Crippen molar-refractivity contribution in [2.45, 2.75) is 55.1 Å². The monoisotopic (exact) mass is 286 g/mol. The molecule has 0 unspecified atom stereocenters. The molecule has 18 heavy (non-hydrogen) atoms. The van der Waals surface area contributed by atoms with Crippen LogP contribution in [0.1, 0.15) is 6.92 Å². The first-order chi connectivity index (χ1) is 8.34. The SMILES string of the molecule is CC(C=O)=C(N)N.[CH]12[CH]3[CH]4[CH]5[CH]1[Fe]23451678[CH]2[CH]1[CH]6[CH]7[CH]28. The van der Waals surface area contributed by atoms with E-state index in [0.717, 1.165) is 0 Å². The van der Waals surface area contributed by atoms with Crippen molar-refractivity contribution in [3.63, 3.8) is 0 Å². The molecule has 10 aliphatic heterocycles. The Morgan fingerprint density at radius 2 is 1.11 bits per heavy atom. The Hall–Kier alpha value is -0.471. The molecular formula is C14H18FeN2O. The van der Waals surface area contributed by atoms with Gasteiger partial charge in [-0.05, 0) is 6.92 Å². The summed E-state index contributed by atoms with van der Waals surface area (Å²) >= 11 is 0.